The highest BCUT2D eigenvalue weighted by Gasteiger charge is 2.05. The number of hydrogen-bond donors (Lipinski definition) is 3. The Kier molecular flexibility index (Phi) is 3.07. The number of rotatable bonds is 4. The number of benzene rings is 1. The van der Waals surface area contributed by atoms with Crippen LogP contribution in [-0.2, 0) is 13.1 Å². The van der Waals surface area contributed by atoms with Crippen molar-refractivity contribution in [3.05, 3.63) is 41.8 Å². The van der Waals surface area contributed by atoms with Crippen LogP contribution in [0.25, 0.3) is 0 Å². The first-order chi connectivity index (χ1) is 7.77. The van der Waals surface area contributed by atoms with Crippen molar-refractivity contribution < 1.29 is 14.7 Å². The summed E-state index contributed by atoms with van der Waals surface area (Å²) < 4.78 is 4.90. The molecule has 0 aliphatic heterocycles. The minimum absolute atomic E-state index is 0.0902. The maximum absolute atomic E-state index is 9.53. The zero-order chi connectivity index (χ0) is 11.4. The number of para-hydroxylation sites is 1. The number of nitrogens with one attached hydrogen (secondary N) is 1. The van der Waals surface area contributed by atoms with Crippen LogP contribution in [0.1, 0.15) is 11.3 Å². The molecule has 16 heavy (non-hydrogen) atoms. The smallest absolute Gasteiger partial charge is 0.161 e. The summed E-state index contributed by atoms with van der Waals surface area (Å²) in [6.07, 6.45) is 1.57. The number of hydrogen-bond acceptors (Lipinski definition) is 5. The van der Waals surface area contributed by atoms with E-state index in [-0.39, 0.29) is 11.5 Å². The molecule has 0 aliphatic carbocycles. The Morgan fingerprint density at radius 3 is 2.81 bits per heavy atom. The fourth-order valence-corrected chi connectivity index (χ4v) is 1.37. The van der Waals surface area contributed by atoms with Crippen LogP contribution < -0.4 is 5.32 Å². The topological polar surface area (TPSA) is 78.5 Å². The van der Waals surface area contributed by atoms with Gasteiger partial charge in [-0.25, -0.2) is 0 Å². The molecule has 0 fully saturated rings. The van der Waals surface area contributed by atoms with Crippen molar-refractivity contribution in [2.75, 3.05) is 0 Å². The average Bonchev–Trinajstić information content (AvgIpc) is 2.77. The van der Waals surface area contributed by atoms with Crippen molar-refractivity contribution >= 4 is 0 Å². The molecule has 0 saturated carbocycles. The van der Waals surface area contributed by atoms with Gasteiger partial charge in [-0.15, -0.1) is 0 Å². The lowest BCUT2D eigenvalue weighted by atomic mass is 10.2. The zero-order valence-electron chi connectivity index (χ0n) is 8.55. The molecule has 5 nitrogen and oxygen atoms in total. The van der Waals surface area contributed by atoms with Crippen LogP contribution in [0.15, 0.2) is 35.0 Å². The van der Waals surface area contributed by atoms with Gasteiger partial charge in [0.25, 0.3) is 0 Å². The van der Waals surface area contributed by atoms with Gasteiger partial charge in [0.1, 0.15) is 5.76 Å². The fourth-order valence-electron chi connectivity index (χ4n) is 1.37. The van der Waals surface area contributed by atoms with E-state index < -0.39 is 0 Å². The molecule has 0 radical (unpaired) electrons. The van der Waals surface area contributed by atoms with E-state index in [1.165, 1.54) is 6.07 Å². The molecule has 0 saturated heterocycles. The van der Waals surface area contributed by atoms with E-state index in [2.05, 4.69) is 10.5 Å². The molecule has 0 atom stereocenters. The number of aromatic hydroxyl groups is 2. The first kappa shape index (κ1) is 10.5. The largest absolute Gasteiger partial charge is 0.504 e. The molecule has 1 aromatic carbocycles. The predicted molar refractivity (Wildman–Crippen MR) is 56.8 cm³/mol. The Bertz CT molecular complexity index is 454. The summed E-state index contributed by atoms with van der Waals surface area (Å²) in [7, 11) is 0. The third kappa shape index (κ3) is 2.32. The van der Waals surface area contributed by atoms with Gasteiger partial charge in [0.15, 0.2) is 11.5 Å². The van der Waals surface area contributed by atoms with Crippen LogP contribution in [0, 0.1) is 0 Å². The molecule has 84 valence electrons. The van der Waals surface area contributed by atoms with Crippen molar-refractivity contribution in [2.45, 2.75) is 13.1 Å². The molecule has 0 bridgehead atoms. The molecule has 0 amide bonds. The zero-order valence-corrected chi connectivity index (χ0v) is 8.55. The van der Waals surface area contributed by atoms with Gasteiger partial charge in [0, 0.05) is 18.2 Å². The Morgan fingerprint density at radius 2 is 2.06 bits per heavy atom. The van der Waals surface area contributed by atoms with Gasteiger partial charge in [-0.2, -0.15) is 0 Å². The standard InChI is InChI=1S/C11H12N2O3/c14-10-3-1-2-8(11(10)15)6-12-7-9-4-5-13-16-9/h1-5,12,14-15H,6-7H2. The molecule has 2 aromatic rings. The van der Waals surface area contributed by atoms with Gasteiger partial charge in [0.2, 0.25) is 0 Å². The molecule has 2 rings (SSSR count). The molecule has 1 aromatic heterocycles. The molecule has 0 aliphatic rings. The summed E-state index contributed by atoms with van der Waals surface area (Å²) in [6.45, 7) is 0.968. The van der Waals surface area contributed by atoms with Crippen molar-refractivity contribution in [1.82, 2.24) is 10.5 Å². The normalized spacial score (nSPS) is 10.5. The number of phenols is 2. The van der Waals surface area contributed by atoms with Crippen LogP contribution in [-0.4, -0.2) is 15.4 Å². The lowest BCUT2D eigenvalue weighted by Crippen LogP contribution is -2.12. The molecule has 0 unspecified atom stereocenters. The van der Waals surface area contributed by atoms with E-state index in [9.17, 15) is 10.2 Å². The second-order valence-electron chi connectivity index (χ2n) is 3.37. The van der Waals surface area contributed by atoms with Crippen molar-refractivity contribution in [3.63, 3.8) is 0 Å². The lowest BCUT2D eigenvalue weighted by molar-refractivity contribution is 0.370. The monoisotopic (exact) mass is 220 g/mol. The quantitative estimate of drug-likeness (QED) is 0.678. The Morgan fingerprint density at radius 1 is 1.19 bits per heavy atom. The summed E-state index contributed by atoms with van der Waals surface area (Å²) >= 11 is 0. The Labute approximate surface area is 92.3 Å². The lowest BCUT2D eigenvalue weighted by Gasteiger charge is -2.06. The molecule has 5 heteroatoms. The summed E-state index contributed by atoms with van der Waals surface area (Å²) in [4.78, 5) is 0. The van der Waals surface area contributed by atoms with Gasteiger partial charge in [0.05, 0.1) is 12.7 Å². The second kappa shape index (κ2) is 4.67. The Balaban J connectivity index is 1.92. The van der Waals surface area contributed by atoms with E-state index >= 15 is 0 Å². The molecular formula is C11H12N2O3. The third-order valence-corrected chi connectivity index (χ3v) is 2.20. The van der Waals surface area contributed by atoms with Gasteiger partial charge in [-0.1, -0.05) is 17.3 Å². The van der Waals surface area contributed by atoms with Gasteiger partial charge >= 0.3 is 0 Å². The highest BCUT2D eigenvalue weighted by atomic mass is 16.5. The first-order valence-electron chi connectivity index (χ1n) is 4.87. The van der Waals surface area contributed by atoms with Crippen molar-refractivity contribution in [1.29, 1.82) is 0 Å². The molecule has 3 N–H and O–H groups in total. The fraction of sp³-hybridized carbons (Fsp3) is 0.182. The highest BCUT2D eigenvalue weighted by Crippen LogP contribution is 2.27. The average molecular weight is 220 g/mol. The third-order valence-electron chi connectivity index (χ3n) is 2.20. The van der Waals surface area contributed by atoms with E-state index in [0.29, 0.717) is 18.7 Å². The molecule has 1 heterocycles. The van der Waals surface area contributed by atoms with Crippen molar-refractivity contribution in [3.8, 4) is 11.5 Å². The highest BCUT2D eigenvalue weighted by molar-refractivity contribution is 5.44. The summed E-state index contributed by atoms with van der Waals surface area (Å²) in [5.41, 5.74) is 0.638. The number of aromatic nitrogens is 1. The summed E-state index contributed by atoms with van der Waals surface area (Å²) in [5, 5.41) is 25.4. The van der Waals surface area contributed by atoms with Gasteiger partial charge < -0.3 is 20.1 Å². The van der Waals surface area contributed by atoms with Gasteiger partial charge in [-0.05, 0) is 6.07 Å². The van der Waals surface area contributed by atoms with E-state index in [4.69, 9.17) is 4.52 Å². The molecular weight excluding hydrogens is 208 g/mol. The predicted octanol–water partition coefficient (Wildman–Crippen LogP) is 1.38. The second-order valence-corrected chi connectivity index (χ2v) is 3.37. The number of nitrogens with zero attached hydrogens (tertiary/aromatic N) is 1. The van der Waals surface area contributed by atoms with Crippen molar-refractivity contribution in [2.24, 2.45) is 0 Å². The molecule has 0 spiro atoms. The number of phenolic OH excluding ortho intramolecular Hbond substituents is 2. The summed E-state index contributed by atoms with van der Waals surface area (Å²) in [6, 6.07) is 6.62. The maximum atomic E-state index is 9.53. The minimum Gasteiger partial charge on any atom is -0.504 e. The van der Waals surface area contributed by atoms with Crippen LogP contribution in [0.2, 0.25) is 0 Å². The van der Waals surface area contributed by atoms with Crippen LogP contribution >= 0.6 is 0 Å². The van der Waals surface area contributed by atoms with Crippen LogP contribution in [0.5, 0.6) is 11.5 Å². The minimum atomic E-state index is -0.112. The SMILES string of the molecule is Oc1cccc(CNCc2ccno2)c1O. The van der Waals surface area contributed by atoms with E-state index in [0.717, 1.165) is 5.76 Å². The summed E-state index contributed by atoms with van der Waals surface area (Å²) in [5.74, 6) is 0.520. The van der Waals surface area contributed by atoms with E-state index in [1.54, 1.807) is 24.4 Å². The van der Waals surface area contributed by atoms with Gasteiger partial charge in [-0.3, -0.25) is 0 Å². The maximum Gasteiger partial charge on any atom is 0.161 e. The first-order valence-corrected chi connectivity index (χ1v) is 4.87. The van der Waals surface area contributed by atoms with Crippen LogP contribution in [0.4, 0.5) is 0 Å². The van der Waals surface area contributed by atoms with Crippen LogP contribution in [0.3, 0.4) is 0 Å². The van der Waals surface area contributed by atoms with E-state index in [1.807, 2.05) is 0 Å². The Hall–Kier alpha value is -2.01.